The Morgan fingerprint density at radius 3 is 2.65 bits per heavy atom. The van der Waals surface area contributed by atoms with Crippen molar-refractivity contribution in [3.63, 3.8) is 0 Å². The molecule has 1 amide bonds. The quantitative estimate of drug-likeness (QED) is 0.552. The first-order chi connectivity index (χ1) is 12.5. The minimum atomic E-state index is -0.561. The van der Waals surface area contributed by atoms with Gasteiger partial charge in [0.05, 0.1) is 19.8 Å². The fourth-order valence-electron chi connectivity index (χ4n) is 3.23. The van der Waals surface area contributed by atoms with E-state index >= 15 is 0 Å². The number of hydrogen-bond acceptors (Lipinski definition) is 5. The van der Waals surface area contributed by atoms with Gasteiger partial charge in [-0.1, -0.05) is 6.08 Å². The van der Waals surface area contributed by atoms with Crippen LogP contribution in [0.2, 0.25) is 0 Å². The lowest BCUT2D eigenvalue weighted by Gasteiger charge is -2.33. The lowest BCUT2D eigenvalue weighted by molar-refractivity contribution is -0.137. The minimum absolute atomic E-state index is 0.155. The summed E-state index contributed by atoms with van der Waals surface area (Å²) in [4.78, 5) is 26.5. The summed E-state index contributed by atoms with van der Waals surface area (Å²) < 4.78 is 15.9. The predicted octanol–water partition coefficient (Wildman–Crippen LogP) is 2.99. The summed E-state index contributed by atoms with van der Waals surface area (Å²) in [6.45, 7) is 6.20. The zero-order valence-corrected chi connectivity index (χ0v) is 15.7. The number of allylic oxidation sites excluding steroid dienone is 1. The van der Waals surface area contributed by atoms with Gasteiger partial charge in [-0.3, -0.25) is 4.79 Å². The third-order valence-corrected chi connectivity index (χ3v) is 4.61. The molecule has 0 N–H and O–H groups in total. The number of amides is 1. The standard InChI is InChI=1S/C20H27NO5/c1-5-8-15-11-16(12-17(24-3)19(15)25-4)20(23)26-13-18(22)21-10-7-6-9-14(21)2/h5,11-12,14H,1,6-10,13H2,2-4H3. The third kappa shape index (κ3) is 4.56. The molecule has 1 fully saturated rings. The van der Waals surface area contributed by atoms with Crippen LogP contribution in [0.3, 0.4) is 0 Å². The van der Waals surface area contributed by atoms with E-state index in [9.17, 15) is 9.59 Å². The van der Waals surface area contributed by atoms with E-state index in [1.54, 1.807) is 30.2 Å². The molecule has 2 rings (SSSR count). The van der Waals surface area contributed by atoms with Crippen LogP contribution in [0.25, 0.3) is 0 Å². The average Bonchev–Trinajstić information content (AvgIpc) is 2.65. The van der Waals surface area contributed by atoms with Crippen molar-refractivity contribution in [3.05, 3.63) is 35.9 Å². The summed E-state index contributed by atoms with van der Waals surface area (Å²) >= 11 is 0. The topological polar surface area (TPSA) is 65.1 Å². The van der Waals surface area contributed by atoms with Gasteiger partial charge in [0.15, 0.2) is 18.1 Å². The zero-order valence-electron chi connectivity index (χ0n) is 15.7. The van der Waals surface area contributed by atoms with E-state index < -0.39 is 5.97 Å². The normalized spacial score (nSPS) is 16.7. The first-order valence-corrected chi connectivity index (χ1v) is 8.84. The molecule has 0 bridgehead atoms. The molecule has 0 aliphatic carbocycles. The number of methoxy groups -OCH3 is 2. The molecule has 26 heavy (non-hydrogen) atoms. The molecule has 1 aliphatic heterocycles. The van der Waals surface area contributed by atoms with Gasteiger partial charge in [0.1, 0.15) is 0 Å². The van der Waals surface area contributed by atoms with Gasteiger partial charge in [0, 0.05) is 18.2 Å². The van der Waals surface area contributed by atoms with E-state index in [2.05, 4.69) is 6.58 Å². The Kier molecular flexibility index (Phi) is 7.06. The van der Waals surface area contributed by atoms with Gasteiger partial charge in [0.2, 0.25) is 0 Å². The number of esters is 1. The number of rotatable bonds is 7. The van der Waals surface area contributed by atoms with E-state index in [1.165, 1.54) is 7.11 Å². The van der Waals surface area contributed by atoms with Crippen molar-refractivity contribution in [2.24, 2.45) is 0 Å². The molecule has 6 nitrogen and oxygen atoms in total. The highest BCUT2D eigenvalue weighted by atomic mass is 16.5. The number of nitrogens with zero attached hydrogens (tertiary/aromatic N) is 1. The lowest BCUT2D eigenvalue weighted by Crippen LogP contribution is -2.44. The van der Waals surface area contributed by atoms with Crippen LogP contribution in [-0.2, 0) is 16.0 Å². The van der Waals surface area contributed by atoms with E-state index in [0.717, 1.165) is 31.4 Å². The summed E-state index contributed by atoms with van der Waals surface area (Å²) in [5.74, 6) is 0.281. The van der Waals surface area contributed by atoms with Crippen LogP contribution in [-0.4, -0.2) is 50.2 Å². The molecular weight excluding hydrogens is 334 g/mol. The molecule has 1 atom stereocenters. The smallest absolute Gasteiger partial charge is 0.338 e. The maximum Gasteiger partial charge on any atom is 0.338 e. The van der Waals surface area contributed by atoms with Crippen molar-refractivity contribution < 1.29 is 23.8 Å². The largest absolute Gasteiger partial charge is 0.493 e. The zero-order chi connectivity index (χ0) is 19.1. The molecule has 0 aromatic heterocycles. The summed E-state index contributed by atoms with van der Waals surface area (Å²) in [6.07, 6.45) is 5.34. The first-order valence-electron chi connectivity index (χ1n) is 8.84. The van der Waals surface area contributed by atoms with Crippen molar-refractivity contribution in [3.8, 4) is 11.5 Å². The molecule has 0 spiro atoms. The number of benzene rings is 1. The van der Waals surface area contributed by atoms with Crippen LogP contribution in [0.1, 0.15) is 42.1 Å². The molecular formula is C20H27NO5. The van der Waals surface area contributed by atoms with Crippen molar-refractivity contribution in [2.45, 2.75) is 38.6 Å². The second-order valence-corrected chi connectivity index (χ2v) is 6.37. The van der Waals surface area contributed by atoms with Crippen LogP contribution in [0.4, 0.5) is 0 Å². The lowest BCUT2D eigenvalue weighted by atomic mass is 10.0. The second-order valence-electron chi connectivity index (χ2n) is 6.37. The molecule has 1 aromatic carbocycles. The van der Waals surface area contributed by atoms with E-state index in [-0.39, 0.29) is 18.6 Å². The van der Waals surface area contributed by atoms with Gasteiger partial charge >= 0.3 is 5.97 Å². The molecule has 1 unspecified atom stereocenters. The summed E-state index contributed by atoms with van der Waals surface area (Å²) in [6, 6.07) is 3.43. The molecule has 1 saturated heterocycles. The van der Waals surface area contributed by atoms with Gasteiger partial charge in [-0.05, 0) is 44.7 Å². The number of piperidine rings is 1. The summed E-state index contributed by atoms with van der Waals surface area (Å²) in [7, 11) is 3.05. The third-order valence-electron chi connectivity index (χ3n) is 4.61. The Morgan fingerprint density at radius 2 is 2.04 bits per heavy atom. The van der Waals surface area contributed by atoms with Crippen LogP contribution in [0.15, 0.2) is 24.8 Å². The Balaban J connectivity index is 2.10. The summed E-state index contributed by atoms with van der Waals surface area (Å²) in [5, 5.41) is 0. The highest BCUT2D eigenvalue weighted by molar-refractivity contribution is 5.92. The van der Waals surface area contributed by atoms with Crippen molar-refractivity contribution in [1.29, 1.82) is 0 Å². The molecule has 1 aliphatic rings. The maximum absolute atomic E-state index is 12.4. The Morgan fingerprint density at radius 1 is 1.27 bits per heavy atom. The fourth-order valence-corrected chi connectivity index (χ4v) is 3.23. The number of hydrogen-bond donors (Lipinski definition) is 0. The van der Waals surface area contributed by atoms with E-state index in [4.69, 9.17) is 14.2 Å². The molecule has 0 radical (unpaired) electrons. The van der Waals surface area contributed by atoms with Gasteiger partial charge in [0.25, 0.3) is 5.91 Å². The number of carbonyl (C=O) groups excluding carboxylic acids is 2. The fraction of sp³-hybridized carbons (Fsp3) is 0.500. The van der Waals surface area contributed by atoms with Crippen LogP contribution >= 0.6 is 0 Å². The first kappa shape index (κ1) is 19.8. The van der Waals surface area contributed by atoms with E-state index in [0.29, 0.717) is 23.5 Å². The molecule has 1 aromatic rings. The Hall–Kier alpha value is -2.50. The van der Waals surface area contributed by atoms with Gasteiger partial charge in [-0.2, -0.15) is 0 Å². The molecule has 1 heterocycles. The predicted molar refractivity (Wildman–Crippen MR) is 98.8 cm³/mol. The molecule has 0 saturated carbocycles. The molecule has 6 heteroatoms. The number of ether oxygens (including phenoxy) is 3. The van der Waals surface area contributed by atoms with Crippen LogP contribution in [0.5, 0.6) is 11.5 Å². The Bertz CT molecular complexity index is 670. The highest BCUT2D eigenvalue weighted by Crippen LogP contribution is 2.33. The number of likely N-dealkylation sites (tertiary alicyclic amines) is 1. The molecule has 142 valence electrons. The maximum atomic E-state index is 12.4. The van der Waals surface area contributed by atoms with Crippen LogP contribution < -0.4 is 9.47 Å². The van der Waals surface area contributed by atoms with Gasteiger partial charge < -0.3 is 19.1 Å². The van der Waals surface area contributed by atoms with Crippen molar-refractivity contribution in [1.82, 2.24) is 4.90 Å². The second kappa shape index (κ2) is 9.27. The van der Waals surface area contributed by atoms with Gasteiger partial charge in [-0.15, -0.1) is 6.58 Å². The van der Waals surface area contributed by atoms with Crippen LogP contribution in [0, 0.1) is 0 Å². The Labute approximate surface area is 154 Å². The van der Waals surface area contributed by atoms with Crippen molar-refractivity contribution in [2.75, 3.05) is 27.4 Å². The monoisotopic (exact) mass is 361 g/mol. The SMILES string of the molecule is C=CCc1cc(C(=O)OCC(=O)N2CCCCC2C)cc(OC)c1OC. The van der Waals surface area contributed by atoms with Crippen molar-refractivity contribution >= 4 is 11.9 Å². The summed E-state index contributed by atoms with van der Waals surface area (Å²) in [5.41, 5.74) is 1.09. The van der Waals surface area contributed by atoms with E-state index in [1.807, 2.05) is 6.92 Å². The highest BCUT2D eigenvalue weighted by Gasteiger charge is 2.24. The van der Waals surface area contributed by atoms with Gasteiger partial charge in [-0.25, -0.2) is 4.79 Å². The average molecular weight is 361 g/mol. The number of carbonyl (C=O) groups is 2. The minimum Gasteiger partial charge on any atom is -0.493 e.